The van der Waals surface area contributed by atoms with Crippen LogP contribution in [0.1, 0.15) is 57.5 Å². The lowest BCUT2D eigenvalue weighted by Gasteiger charge is -2.41. The van der Waals surface area contributed by atoms with E-state index < -0.39 is 11.3 Å². The van der Waals surface area contributed by atoms with Crippen molar-refractivity contribution in [3.8, 4) is 11.4 Å². The standard InChI is InChI=1S/C27H33IN6O4/c1-14(2)20-21(15(3)8-9-29-20)34-24-18-22(19(28)16(4)30-24)37-13-17-12-32(26(36)38-27(5,6)7)10-11-33(17)23(18)31-25(34)35/h8-9,14,17H,10-13H2,1-7H3/t17-/m1/s1. The van der Waals surface area contributed by atoms with Crippen molar-refractivity contribution in [2.45, 2.75) is 66.0 Å². The average molecular weight is 633 g/mol. The molecule has 0 spiro atoms. The van der Waals surface area contributed by atoms with E-state index in [0.717, 1.165) is 20.5 Å². The maximum absolute atomic E-state index is 13.8. The molecule has 3 aromatic rings. The van der Waals surface area contributed by atoms with Crippen LogP contribution in [0.3, 0.4) is 0 Å². The third kappa shape index (κ3) is 4.58. The topological polar surface area (TPSA) is 103 Å². The molecule has 0 radical (unpaired) electrons. The summed E-state index contributed by atoms with van der Waals surface area (Å²) in [7, 11) is 0. The van der Waals surface area contributed by atoms with E-state index in [0.29, 0.717) is 54.5 Å². The molecule has 1 amide bonds. The number of nitrogens with zero attached hydrogens (tertiary/aromatic N) is 6. The minimum absolute atomic E-state index is 0.0909. The zero-order chi connectivity index (χ0) is 27.5. The van der Waals surface area contributed by atoms with Crippen molar-refractivity contribution >= 4 is 45.5 Å². The SMILES string of the molecule is Cc1ccnc(C(C)C)c1-n1c(=O)nc2c3c(c(I)c(C)nc31)OC[C@H]1CN(C(=O)OC(C)(C)C)CCN21. The minimum Gasteiger partial charge on any atom is -0.489 e. The van der Waals surface area contributed by atoms with Crippen LogP contribution in [0.25, 0.3) is 16.7 Å². The van der Waals surface area contributed by atoms with Gasteiger partial charge in [-0.05, 0) is 74.8 Å². The zero-order valence-electron chi connectivity index (χ0n) is 22.8. The second-order valence-electron chi connectivity index (χ2n) is 11.2. The van der Waals surface area contributed by atoms with Crippen molar-refractivity contribution in [3.05, 3.63) is 43.3 Å². The highest BCUT2D eigenvalue weighted by Gasteiger charge is 2.38. The Labute approximate surface area is 235 Å². The Kier molecular flexibility index (Phi) is 6.77. The van der Waals surface area contributed by atoms with Crippen molar-refractivity contribution in [2.24, 2.45) is 0 Å². The number of pyridine rings is 2. The van der Waals surface area contributed by atoms with Crippen LogP contribution in [0, 0.1) is 17.4 Å². The van der Waals surface area contributed by atoms with Gasteiger partial charge in [0.15, 0.2) is 5.65 Å². The third-order valence-electron chi connectivity index (χ3n) is 6.82. The van der Waals surface area contributed by atoms with Crippen LogP contribution in [0.4, 0.5) is 10.6 Å². The number of aromatic nitrogens is 4. The van der Waals surface area contributed by atoms with Crippen molar-refractivity contribution < 1.29 is 14.3 Å². The Balaban J connectivity index is 1.69. The van der Waals surface area contributed by atoms with E-state index in [1.54, 1.807) is 15.7 Å². The van der Waals surface area contributed by atoms with Crippen LogP contribution in [-0.4, -0.2) is 68.4 Å². The Bertz CT molecular complexity index is 1500. The number of anilines is 1. The smallest absolute Gasteiger partial charge is 0.410 e. The minimum atomic E-state index is -0.582. The normalized spacial score (nSPS) is 17.3. The lowest BCUT2D eigenvalue weighted by atomic mass is 10.0. The summed E-state index contributed by atoms with van der Waals surface area (Å²) in [4.78, 5) is 44.6. The second-order valence-corrected chi connectivity index (χ2v) is 12.3. The molecule has 202 valence electrons. The number of hydrogen-bond acceptors (Lipinski definition) is 8. The fourth-order valence-electron chi connectivity index (χ4n) is 5.07. The highest BCUT2D eigenvalue weighted by atomic mass is 127. The Morgan fingerprint density at radius 1 is 1.21 bits per heavy atom. The molecule has 38 heavy (non-hydrogen) atoms. The number of halogens is 1. The molecule has 5 rings (SSSR count). The molecule has 1 saturated heterocycles. The molecular weight excluding hydrogens is 599 g/mol. The summed E-state index contributed by atoms with van der Waals surface area (Å²) < 4.78 is 14.5. The summed E-state index contributed by atoms with van der Waals surface area (Å²) in [5.41, 5.74) is 2.70. The van der Waals surface area contributed by atoms with E-state index in [-0.39, 0.29) is 18.1 Å². The molecule has 2 aliphatic rings. The number of carbonyl (C=O) groups is 1. The van der Waals surface area contributed by atoms with Crippen molar-refractivity contribution in [1.29, 1.82) is 0 Å². The van der Waals surface area contributed by atoms with Gasteiger partial charge >= 0.3 is 11.8 Å². The van der Waals surface area contributed by atoms with Gasteiger partial charge in [0.1, 0.15) is 29.2 Å². The Morgan fingerprint density at radius 3 is 2.63 bits per heavy atom. The van der Waals surface area contributed by atoms with Gasteiger partial charge in [-0.2, -0.15) is 4.98 Å². The van der Waals surface area contributed by atoms with Gasteiger partial charge in [0, 0.05) is 25.8 Å². The Hall–Kier alpha value is -2.96. The van der Waals surface area contributed by atoms with E-state index >= 15 is 0 Å². The van der Waals surface area contributed by atoms with Gasteiger partial charge in [-0.1, -0.05) is 13.8 Å². The first-order valence-corrected chi connectivity index (χ1v) is 13.9. The number of hydrogen-bond donors (Lipinski definition) is 0. The maximum Gasteiger partial charge on any atom is 0.410 e. The maximum atomic E-state index is 13.8. The molecule has 3 aromatic heterocycles. The number of rotatable bonds is 2. The summed E-state index contributed by atoms with van der Waals surface area (Å²) in [6.07, 6.45) is 1.41. The molecule has 0 unspecified atom stereocenters. The third-order valence-corrected chi connectivity index (χ3v) is 8.09. The molecule has 2 aliphatic heterocycles. The lowest BCUT2D eigenvalue weighted by Crippen LogP contribution is -2.57. The molecule has 11 heteroatoms. The van der Waals surface area contributed by atoms with E-state index in [1.807, 2.05) is 40.7 Å². The molecule has 0 bridgehead atoms. The van der Waals surface area contributed by atoms with Gasteiger partial charge in [0.05, 0.1) is 26.7 Å². The quantitative estimate of drug-likeness (QED) is 0.385. The summed E-state index contributed by atoms with van der Waals surface area (Å²) >= 11 is 2.25. The van der Waals surface area contributed by atoms with Gasteiger partial charge in [-0.25, -0.2) is 19.1 Å². The predicted molar refractivity (Wildman–Crippen MR) is 154 cm³/mol. The molecular formula is C27H33IN6O4. The fourth-order valence-corrected chi connectivity index (χ4v) is 5.61. The summed E-state index contributed by atoms with van der Waals surface area (Å²) in [5, 5.41) is 0.700. The number of amides is 1. The largest absolute Gasteiger partial charge is 0.489 e. The van der Waals surface area contributed by atoms with Gasteiger partial charge in [-0.15, -0.1) is 0 Å². The molecule has 1 atom stereocenters. The van der Waals surface area contributed by atoms with Gasteiger partial charge in [0.2, 0.25) is 0 Å². The molecule has 5 heterocycles. The first-order chi connectivity index (χ1) is 17.9. The van der Waals surface area contributed by atoms with Crippen LogP contribution in [-0.2, 0) is 4.74 Å². The average Bonchev–Trinajstić information content (AvgIpc) is 2.99. The first kappa shape index (κ1) is 26.6. The van der Waals surface area contributed by atoms with E-state index in [1.165, 1.54) is 0 Å². The Morgan fingerprint density at radius 2 is 1.95 bits per heavy atom. The number of carbonyl (C=O) groups excluding carboxylic acids is 1. The van der Waals surface area contributed by atoms with Crippen molar-refractivity contribution in [2.75, 3.05) is 31.1 Å². The molecule has 10 nitrogen and oxygen atoms in total. The van der Waals surface area contributed by atoms with Crippen LogP contribution in [0.15, 0.2) is 17.1 Å². The monoisotopic (exact) mass is 632 g/mol. The van der Waals surface area contributed by atoms with Crippen molar-refractivity contribution in [3.63, 3.8) is 0 Å². The van der Waals surface area contributed by atoms with E-state index in [9.17, 15) is 9.59 Å². The van der Waals surface area contributed by atoms with Gasteiger partial charge < -0.3 is 19.3 Å². The highest BCUT2D eigenvalue weighted by Crippen LogP contribution is 2.41. The van der Waals surface area contributed by atoms with Gasteiger partial charge in [-0.3, -0.25) is 4.98 Å². The number of piperazine rings is 1. The molecule has 0 N–H and O–H groups in total. The highest BCUT2D eigenvalue weighted by molar-refractivity contribution is 14.1. The number of aryl methyl sites for hydroxylation is 2. The number of ether oxygens (including phenoxy) is 2. The van der Waals surface area contributed by atoms with Crippen LogP contribution < -0.4 is 15.3 Å². The second kappa shape index (κ2) is 9.65. The van der Waals surface area contributed by atoms with E-state index in [4.69, 9.17) is 14.5 Å². The number of fused-ring (bicyclic) bond motifs is 2. The molecule has 1 fully saturated rings. The van der Waals surface area contributed by atoms with Crippen LogP contribution in [0.2, 0.25) is 0 Å². The zero-order valence-corrected chi connectivity index (χ0v) is 25.0. The first-order valence-electron chi connectivity index (χ1n) is 12.8. The molecule has 0 saturated carbocycles. The van der Waals surface area contributed by atoms with Crippen LogP contribution in [0.5, 0.6) is 5.75 Å². The predicted octanol–water partition coefficient (Wildman–Crippen LogP) is 4.34. The molecule has 0 aromatic carbocycles. The lowest BCUT2D eigenvalue weighted by molar-refractivity contribution is 0.0202. The summed E-state index contributed by atoms with van der Waals surface area (Å²) in [6.45, 7) is 15.2. The summed E-state index contributed by atoms with van der Waals surface area (Å²) in [5.74, 6) is 1.30. The fraction of sp³-hybridized carbons (Fsp3) is 0.519. The van der Waals surface area contributed by atoms with Crippen molar-refractivity contribution in [1.82, 2.24) is 24.4 Å². The summed E-state index contributed by atoms with van der Waals surface area (Å²) in [6, 6.07) is 1.70. The molecule has 0 aliphatic carbocycles. The van der Waals surface area contributed by atoms with E-state index in [2.05, 4.69) is 51.3 Å². The van der Waals surface area contributed by atoms with Gasteiger partial charge in [0.25, 0.3) is 0 Å². The van der Waals surface area contributed by atoms with Crippen LogP contribution >= 0.6 is 22.6 Å².